The van der Waals surface area contributed by atoms with E-state index in [1.807, 2.05) is 0 Å². The number of hydrogen-bond donors (Lipinski definition) is 5. The molecule has 0 radical (unpaired) electrons. The Hall–Kier alpha value is -4.25. The minimum Gasteiger partial charge on any atom is -0.348 e. The third-order valence-electron chi connectivity index (χ3n) is 7.75. The van der Waals surface area contributed by atoms with Crippen LogP contribution in [0.3, 0.4) is 0 Å². The summed E-state index contributed by atoms with van der Waals surface area (Å²) in [6.45, 7) is 4.45. The Morgan fingerprint density at radius 3 is 2.68 bits per heavy atom. The maximum Gasteiger partial charge on any atom is 0.319 e. The molecule has 0 spiro atoms. The van der Waals surface area contributed by atoms with E-state index in [4.69, 9.17) is 0 Å². The molecular weight excluding hydrogens is 489 g/mol. The minimum absolute atomic E-state index is 0.0253. The number of carbonyl (C=O) groups is 3. The van der Waals surface area contributed by atoms with Gasteiger partial charge < -0.3 is 26.2 Å². The van der Waals surface area contributed by atoms with Gasteiger partial charge in [-0.05, 0) is 74.7 Å². The van der Waals surface area contributed by atoms with Gasteiger partial charge in [-0.2, -0.15) is 5.10 Å². The molecule has 38 heavy (non-hydrogen) atoms. The average Bonchev–Trinajstić information content (AvgIpc) is 3.37. The van der Waals surface area contributed by atoms with E-state index in [0.717, 1.165) is 43.4 Å². The van der Waals surface area contributed by atoms with Crippen LogP contribution in [0.2, 0.25) is 0 Å². The smallest absolute Gasteiger partial charge is 0.319 e. The van der Waals surface area contributed by atoms with Crippen LogP contribution in [0.4, 0.5) is 14.9 Å². The summed E-state index contributed by atoms with van der Waals surface area (Å²) in [6.07, 6.45) is 3.69. The van der Waals surface area contributed by atoms with Gasteiger partial charge in [0, 0.05) is 29.4 Å². The molecule has 2 bridgehead atoms. The lowest BCUT2D eigenvalue weighted by Gasteiger charge is -2.44. The molecule has 11 heteroatoms. The molecule has 3 fully saturated rings. The van der Waals surface area contributed by atoms with E-state index in [9.17, 15) is 18.8 Å². The maximum absolute atomic E-state index is 14.9. The molecule has 0 saturated carbocycles. The highest BCUT2D eigenvalue weighted by Crippen LogP contribution is 2.31. The zero-order chi connectivity index (χ0) is 26.4. The molecule has 3 aromatic rings. The Morgan fingerprint density at radius 2 is 1.92 bits per heavy atom. The van der Waals surface area contributed by atoms with E-state index in [1.165, 1.54) is 18.2 Å². The number of nitrogens with one attached hydrogen (secondary N) is 5. The first-order chi connectivity index (χ1) is 18.4. The molecule has 2 unspecified atom stereocenters. The van der Waals surface area contributed by atoms with Crippen molar-refractivity contribution < 1.29 is 18.8 Å². The second-order valence-electron chi connectivity index (χ2n) is 10.2. The highest BCUT2D eigenvalue weighted by Gasteiger charge is 2.36. The van der Waals surface area contributed by atoms with Gasteiger partial charge in [0.2, 0.25) is 0 Å². The number of rotatable bonds is 5. The molecule has 4 aliphatic heterocycles. The number of benzene rings is 2. The zero-order valence-corrected chi connectivity index (χ0v) is 20.8. The van der Waals surface area contributed by atoms with Crippen LogP contribution in [-0.2, 0) is 4.79 Å². The third-order valence-corrected chi connectivity index (χ3v) is 7.75. The van der Waals surface area contributed by atoms with Crippen LogP contribution in [0.5, 0.6) is 0 Å². The number of nitrogens with zero attached hydrogens (tertiary/aromatic N) is 2. The molecule has 196 valence electrons. The highest BCUT2D eigenvalue weighted by molar-refractivity contribution is 6.07. The summed E-state index contributed by atoms with van der Waals surface area (Å²) >= 11 is 0. The van der Waals surface area contributed by atoms with Crippen LogP contribution in [0.15, 0.2) is 53.9 Å². The first-order valence-corrected chi connectivity index (χ1v) is 12.7. The predicted molar refractivity (Wildman–Crippen MR) is 139 cm³/mol. The van der Waals surface area contributed by atoms with E-state index in [2.05, 4.69) is 36.4 Å². The fourth-order valence-electron chi connectivity index (χ4n) is 5.73. The van der Waals surface area contributed by atoms with E-state index < -0.39 is 29.7 Å². The Balaban J connectivity index is 1.26. The van der Waals surface area contributed by atoms with Crippen LogP contribution in [-0.4, -0.2) is 58.6 Å². The molecule has 4 aliphatic rings. The van der Waals surface area contributed by atoms with Crippen LogP contribution in [0.1, 0.15) is 41.7 Å². The number of anilines is 1. The average molecular weight is 518 g/mol. The number of hydrogen-bond acceptors (Lipinski definition) is 5. The van der Waals surface area contributed by atoms with Crippen LogP contribution in [0, 0.1) is 11.7 Å². The number of allylic oxidation sites excluding steroid dienone is 1. The van der Waals surface area contributed by atoms with E-state index in [-0.39, 0.29) is 17.2 Å². The molecule has 2 aromatic carbocycles. The summed E-state index contributed by atoms with van der Waals surface area (Å²) in [4.78, 5) is 41.2. The van der Waals surface area contributed by atoms with Gasteiger partial charge in [0.15, 0.2) is 0 Å². The van der Waals surface area contributed by atoms with Crippen molar-refractivity contribution in [1.82, 2.24) is 31.0 Å². The molecule has 5 heterocycles. The molecule has 5 N–H and O–H groups in total. The van der Waals surface area contributed by atoms with Crippen LogP contribution >= 0.6 is 0 Å². The number of aromatic amines is 1. The SMILES string of the molecule is CC1=C(C(=O)Nc2ccc3[nH]ncc3c2)C(c2ccc(F)c(C(=O)NC3CN4CCC3CC4)c2)NC(=O)N1. The standard InChI is InChI=1S/C27H28FN7O3/c1-14-23(26(37)31-18-3-5-21-17(10-18)12-29-34-21)24(33-27(38)30-14)16-2-4-20(28)19(11-16)25(36)32-22-13-35-8-6-15(22)7-9-35/h2-5,10-12,15,22,24H,6-9,13H2,1H3,(H,29,34)(H,31,37)(H,32,36)(H2,30,33,38). The van der Waals surface area contributed by atoms with Crippen molar-refractivity contribution in [2.24, 2.45) is 5.92 Å². The number of aromatic nitrogens is 2. The molecule has 1 aromatic heterocycles. The zero-order valence-electron chi connectivity index (χ0n) is 20.8. The monoisotopic (exact) mass is 517 g/mol. The predicted octanol–water partition coefficient (Wildman–Crippen LogP) is 2.79. The Kier molecular flexibility index (Phi) is 6.07. The Bertz CT molecular complexity index is 1470. The first-order valence-electron chi connectivity index (χ1n) is 12.7. The van der Waals surface area contributed by atoms with Gasteiger partial charge in [0.05, 0.1) is 28.9 Å². The topological polar surface area (TPSA) is 131 Å². The number of urea groups is 1. The van der Waals surface area contributed by atoms with Crippen LogP contribution < -0.4 is 21.3 Å². The van der Waals surface area contributed by atoms with Crippen molar-refractivity contribution in [2.45, 2.75) is 31.8 Å². The third kappa shape index (κ3) is 4.49. The number of piperidine rings is 3. The molecule has 3 saturated heterocycles. The normalized spacial score (nSPS) is 24.6. The summed E-state index contributed by atoms with van der Waals surface area (Å²) in [5.41, 5.74) is 2.31. The van der Waals surface area contributed by atoms with Gasteiger partial charge in [-0.1, -0.05) is 6.07 Å². The lowest BCUT2D eigenvalue weighted by molar-refractivity contribution is -0.113. The van der Waals surface area contributed by atoms with Gasteiger partial charge in [0.25, 0.3) is 11.8 Å². The quantitative estimate of drug-likeness (QED) is 0.355. The number of halogens is 1. The molecule has 10 nitrogen and oxygen atoms in total. The minimum atomic E-state index is -0.884. The molecule has 0 aliphatic carbocycles. The van der Waals surface area contributed by atoms with Crippen molar-refractivity contribution in [1.29, 1.82) is 0 Å². The largest absolute Gasteiger partial charge is 0.348 e. The van der Waals surface area contributed by atoms with Gasteiger partial charge in [0.1, 0.15) is 5.82 Å². The number of carbonyl (C=O) groups excluding carboxylic acids is 3. The van der Waals surface area contributed by atoms with E-state index in [1.54, 1.807) is 31.3 Å². The van der Waals surface area contributed by atoms with Gasteiger partial charge in [-0.25, -0.2) is 9.18 Å². The second-order valence-corrected chi connectivity index (χ2v) is 10.2. The number of amides is 4. The van der Waals surface area contributed by atoms with Crippen molar-refractivity contribution in [3.05, 3.63) is 70.8 Å². The summed E-state index contributed by atoms with van der Waals surface area (Å²) in [5.74, 6) is -1.21. The highest BCUT2D eigenvalue weighted by atomic mass is 19.1. The molecule has 4 amide bonds. The summed E-state index contributed by atoms with van der Waals surface area (Å²) < 4.78 is 14.9. The summed E-state index contributed by atoms with van der Waals surface area (Å²) in [7, 11) is 0. The van der Waals surface area contributed by atoms with Crippen molar-refractivity contribution in [3.63, 3.8) is 0 Å². The lowest BCUT2D eigenvalue weighted by atomic mass is 9.84. The molecule has 7 rings (SSSR count). The Morgan fingerprint density at radius 1 is 1.11 bits per heavy atom. The fraction of sp³-hybridized carbons (Fsp3) is 0.333. The van der Waals surface area contributed by atoms with E-state index >= 15 is 0 Å². The first kappa shape index (κ1) is 24.1. The molecular formula is C27H28FN7O3. The van der Waals surface area contributed by atoms with E-state index in [0.29, 0.717) is 22.9 Å². The summed E-state index contributed by atoms with van der Waals surface area (Å²) in [6, 6.07) is 8.02. The molecule has 2 atom stereocenters. The Labute approximate surface area is 218 Å². The fourth-order valence-corrected chi connectivity index (χ4v) is 5.73. The van der Waals surface area contributed by atoms with Gasteiger partial charge in [-0.15, -0.1) is 0 Å². The van der Waals surface area contributed by atoms with Crippen molar-refractivity contribution >= 4 is 34.4 Å². The maximum atomic E-state index is 14.9. The van der Waals surface area contributed by atoms with Crippen LogP contribution in [0.25, 0.3) is 10.9 Å². The van der Waals surface area contributed by atoms with Crippen molar-refractivity contribution in [3.8, 4) is 0 Å². The van der Waals surface area contributed by atoms with Gasteiger partial charge in [-0.3, -0.25) is 14.7 Å². The van der Waals surface area contributed by atoms with Crippen molar-refractivity contribution in [2.75, 3.05) is 25.0 Å². The van der Waals surface area contributed by atoms with Gasteiger partial charge >= 0.3 is 6.03 Å². The number of fused-ring (bicyclic) bond motifs is 4. The number of H-pyrrole nitrogens is 1. The lowest BCUT2D eigenvalue weighted by Crippen LogP contribution is -2.57. The second kappa shape index (κ2) is 9.56. The summed E-state index contributed by atoms with van der Waals surface area (Å²) in [5, 5.41) is 19.0.